The van der Waals surface area contributed by atoms with Crippen molar-refractivity contribution in [2.24, 2.45) is 0 Å². The highest BCUT2D eigenvalue weighted by atomic mass is 16.3. The lowest BCUT2D eigenvalue weighted by Crippen LogP contribution is -2.00. The van der Waals surface area contributed by atoms with Gasteiger partial charge in [0.2, 0.25) is 0 Å². The second kappa shape index (κ2) is 6.84. The zero-order chi connectivity index (χ0) is 16.9. The number of carbonyl (C=O) groups excluding carboxylic acids is 1. The number of rotatable bonds is 4. The van der Waals surface area contributed by atoms with Crippen molar-refractivity contribution in [2.75, 3.05) is 0 Å². The van der Waals surface area contributed by atoms with Crippen LogP contribution in [0.15, 0.2) is 72.8 Å². The number of carbonyl (C=O) groups is 1. The summed E-state index contributed by atoms with van der Waals surface area (Å²) in [6.45, 7) is 0. The number of phenolic OH excluding ortho intramolecular Hbond substituents is 2. The highest BCUT2D eigenvalue weighted by Crippen LogP contribution is 2.25. The summed E-state index contributed by atoms with van der Waals surface area (Å²) in [5.74, 6) is -0.300. The minimum absolute atomic E-state index is 0.00501. The van der Waals surface area contributed by atoms with Crippen LogP contribution in [0.5, 0.6) is 11.5 Å². The number of phenols is 2. The van der Waals surface area contributed by atoms with Crippen LogP contribution in [0.25, 0.3) is 12.2 Å². The van der Waals surface area contributed by atoms with Crippen molar-refractivity contribution in [1.82, 2.24) is 0 Å². The second-order valence-corrected chi connectivity index (χ2v) is 5.40. The van der Waals surface area contributed by atoms with Crippen LogP contribution in [-0.2, 0) is 0 Å². The van der Waals surface area contributed by atoms with Gasteiger partial charge in [-0.05, 0) is 23.3 Å². The van der Waals surface area contributed by atoms with E-state index in [1.54, 1.807) is 30.3 Å². The molecule has 0 saturated heterocycles. The predicted molar refractivity (Wildman–Crippen MR) is 95.0 cm³/mol. The average molecular weight is 316 g/mol. The molecule has 3 aromatic carbocycles. The van der Waals surface area contributed by atoms with E-state index < -0.39 is 0 Å². The van der Waals surface area contributed by atoms with E-state index in [0.717, 1.165) is 11.1 Å². The van der Waals surface area contributed by atoms with E-state index in [0.29, 0.717) is 11.1 Å². The van der Waals surface area contributed by atoms with Gasteiger partial charge in [-0.2, -0.15) is 0 Å². The van der Waals surface area contributed by atoms with E-state index >= 15 is 0 Å². The van der Waals surface area contributed by atoms with E-state index in [1.807, 2.05) is 42.5 Å². The molecule has 2 N–H and O–H groups in total. The van der Waals surface area contributed by atoms with Crippen LogP contribution in [0.2, 0.25) is 0 Å². The van der Waals surface area contributed by atoms with Crippen molar-refractivity contribution in [2.45, 2.75) is 0 Å². The largest absolute Gasteiger partial charge is 0.504 e. The SMILES string of the molecule is O=C(c1ccccc1)c1ccc(C=Cc2ccc(O)c(O)c2)cc1. The van der Waals surface area contributed by atoms with Crippen LogP contribution in [-0.4, -0.2) is 16.0 Å². The lowest BCUT2D eigenvalue weighted by molar-refractivity contribution is 0.103. The minimum Gasteiger partial charge on any atom is -0.504 e. The number of hydrogen-bond donors (Lipinski definition) is 2. The van der Waals surface area contributed by atoms with Crippen molar-refractivity contribution in [3.63, 3.8) is 0 Å². The summed E-state index contributed by atoms with van der Waals surface area (Å²) in [7, 11) is 0. The number of ketones is 1. The molecule has 0 aliphatic rings. The van der Waals surface area contributed by atoms with Gasteiger partial charge in [-0.15, -0.1) is 0 Å². The van der Waals surface area contributed by atoms with E-state index in [9.17, 15) is 15.0 Å². The molecule has 0 aliphatic carbocycles. The minimum atomic E-state index is -0.152. The smallest absolute Gasteiger partial charge is 0.193 e. The maximum atomic E-state index is 12.3. The van der Waals surface area contributed by atoms with Crippen molar-refractivity contribution in [3.8, 4) is 11.5 Å². The molecule has 0 unspecified atom stereocenters. The Balaban J connectivity index is 1.76. The third kappa shape index (κ3) is 3.52. The maximum Gasteiger partial charge on any atom is 0.193 e. The normalized spacial score (nSPS) is 10.8. The lowest BCUT2D eigenvalue weighted by atomic mass is 10.0. The molecule has 0 aromatic heterocycles. The molecule has 3 aromatic rings. The quantitative estimate of drug-likeness (QED) is 0.423. The summed E-state index contributed by atoms with van der Waals surface area (Å²) in [5.41, 5.74) is 3.02. The summed E-state index contributed by atoms with van der Waals surface area (Å²) in [4.78, 5) is 12.3. The topological polar surface area (TPSA) is 57.5 Å². The fraction of sp³-hybridized carbons (Fsp3) is 0. The monoisotopic (exact) mass is 316 g/mol. The van der Waals surface area contributed by atoms with E-state index in [1.165, 1.54) is 12.1 Å². The van der Waals surface area contributed by atoms with Crippen LogP contribution in [0.3, 0.4) is 0 Å². The molecule has 3 rings (SSSR count). The summed E-state index contributed by atoms with van der Waals surface area (Å²) in [6.07, 6.45) is 3.70. The fourth-order valence-electron chi connectivity index (χ4n) is 2.34. The standard InChI is InChI=1S/C21H16O3/c22-19-13-10-16(14-20(19)23)7-6-15-8-11-18(12-9-15)21(24)17-4-2-1-3-5-17/h1-14,22-23H. The maximum absolute atomic E-state index is 12.3. The summed E-state index contributed by atoms with van der Waals surface area (Å²) < 4.78 is 0. The van der Waals surface area contributed by atoms with Crippen molar-refractivity contribution < 1.29 is 15.0 Å². The van der Waals surface area contributed by atoms with Crippen LogP contribution in [0.1, 0.15) is 27.0 Å². The van der Waals surface area contributed by atoms with Gasteiger partial charge >= 0.3 is 0 Å². The Morgan fingerprint density at radius 1 is 0.667 bits per heavy atom. The molecule has 118 valence electrons. The molecule has 0 bridgehead atoms. The van der Waals surface area contributed by atoms with Gasteiger partial charge in [-0.3, -0.25) is 4.79 Å². The van der Waals surface area contributed by atoms with E-state index in [-0.39, 0.29) is 17.3 Å². The molecule has 0 aliphatic heterocycles. The summed E-state index contributed by atoms with van der Waals surface area (Å²) in [5, 5.41) is 18.8. The van der Waals surface area contributed by atoms with Crippen LogP contribution < -0.4 is 0 Å². The number of benzene rings is 3. The van der Waals surface area contributed by atoms with E-state index in [2.05, 4.69) is 0 Å². The van der Waals surface area contributed by atoms with Gasteiger partial charge in [-0.1, -0.05) is 72.8 Å². The van der Waals surface area contributed by atoms with Gasteiger partial charge in [0.25, 0.3) is 0 Å². The third-order valence-corrected chi connectivity index (χ3v) is 3.68. The lowest BCUT2D eigenvalue weighted by Gasteiger charge is -2.02. The summed E-state index contributed by atoms with van der Waals surface area (Å²) >= 11 is 0. The van der Waals surface area contributed by atoms with Crippen LogP contribution in [0, 0.1) is 0 Å². The molecule has 0 radical (unpaired) electrons. The number of aromatic hydroxyl groups is 2. The molecular weight excluding hydrogens is 300 g/mol. The van der Waals surface area contributed by atoms with Gasteiger partial charge in [0.15, 0.2) is 17.3 Å². The molecule has 3 heteroatoms. The molecule has 3 nitrogen and oxygen atoms in total. The molecule has 0 saturated carbocycles. The van der Waals surface area contributed by atoms with Gasteiger partial charge < -0.3 is 10.2 Å². The molecule has 0 amide bonds. The van der Waals surface area contributed by atoms with Crippen molar-refractivity contribution in [3.05, 3.63) is 95.1 Å². The Hall–Kier alpha value is -3.33. The molecule has 0 spiro atoms. The van der Waals surface area contributed by atoms with Crippen LogP contribution in [0.4, 0.5) is 0 Å². The Morgan fingerprint density at radius 2 is 1.25 bits per heavy atom. The molecular formula is C21H16O3. The van der Waals surface area contributed by atoms with Gasteiger partial charge in [-0.25, -0.2) is 0 Å². The zero-order valence-corrected chi connectivity index (χ0v) is 12.9. The zero-order valence-electron chi connectivity index (χ0n) is 12.9. The molecule has 0 fully saturated rings. The Labute approximate surface area is 140 Å². The van der Waals surface area contributed by atoms with Crippen LogP contribution >= 0.6 is 0 Å². The second-order valence-electron chi connectivity index (χ2n) is 5.40. The van der Waals surface area contributed by atoms with Gasteiger partial charge in [0.1, 0.15) is 0 Å². The number of hydrogen-bond acceptors (Lipinski definition) is 3. The molecule has 0 heterocycles. The first kappa shape index (κ1) is 15.6. The predicted octanol–water partition coefficient (Wildman–Crippen LogP) is 4.50. The van der Waals surface area contributed by atoms with E-state index in [4.69, 9.17) is 0 Å². The first-order valence-corrected chi connectivity index (χ1v) is 7.53. The summed E-state index contributed by atoms with van der Waals surface area (Å²) in [6, 6.07) is 21.1. The first-order valence-electron chi connectivity index (χ1n) is 7.53. The Morgan fingerprint density at radius 3 is 1.92 bits per heavy atom. The Bertz CT molecular complexity index is 879. The third-order valence-electron chi connectivity index (χ3n) is 3.68. The van der Waals surface area contributed by atoms with Crippen molar-refractivity contribution >= 4 is 17.9 Å². The van der Waals surface area contributed by atoms with Gasteiger partial charge in [0.05, 0.1) is 0 Å². The fourth-order valence-corrected chi connectivity index (χ4v) is 2.34. The van der Waals surface area contributed by atoms with Gasteiger partial charge in [0, 0.05) is 11.1 Å². The highest BCUT2D eigenvalue weighted by molar-refractivity contribution is 6.09. The average Bonchev–Trinajstić information content (AvgIpc) is 2.63. The molecule has 24 heavy (non-hydrogen) atoms. The first-order chi connectivity index (χ1) is 11.6. The highest BCUT2D eigenvalue weighted by Gasteiger charge is 2.07. The van der Waals surface area contributed by atoms with Crippen molar-refractivity contribution in [1.29, 1.82) is 0 Å². The Kier molecular flexibility index (Phi) is 4.43. The molecule has 0 atom stereocenters.